The molecule has 2 amide bonds. The molecule has 8 heteroatoms. The molecule has 0 bridgehead atoms. The molecule has 0 atom stereocenters. The average molecular weight is 407 g/mol. The summed E-state index contributed by atoms with van der Waals surface area (Å²) in [5.74, 6) is -0.758. The van der Waals surface area contributed by atoms with Crippen LogP contribution >= 0.6 is 0 Å². The van der Waals surface area contributed by atoms with Crippen LogP contribution in [0.5, 0.6) is 0 Å². The maximum absolute atomic E-state index is 13.2. The number of amides is 2. The largest absolute Gasteiger partial charge is 0.336 e. The minimum Gasteiger partial charge on any atom is -0.336 e. The summed E-state index contributed by atoms with van der Waals surface area (Å²) in [5.41, 5.74) is 1.32. The SMILES string of the molecule is CN1CCN(C(=O)c2cnn(-c3ccccc3)c2NC(=O)c2ccc(F)cc2)CC1. The molecule has 0 saturated carbocycles. The maximum atomic E-state index is 13.2. The van der Waals surface area contributed by atoms with Crippen molar-refractivity contribution in [3.05, 3.63) is 77.7 Å². The highest BCUT2D eigenvalue weighted by molar-refractivity contribution is 6.08. The first-order chi connectivity index (χ1) is 14.5. The van der Waals surface area contributed by atoms with E-state index in [1.807, 2.05) is 37.4 Å². The maximum Gasteiger partial charge on any atom is 0.259 e. The number of hydrogen-bond acceptors (Lipinski definition) is 4. The first-order valence-corrected chi connectivity index (χ1v) is 9.71. The van der Waals surface area contributed by atoms with Gasteiger partial charge in [0.2, 0.25) is 0 Å². The Morgan fingerprint density at radius 1 is 0.967 bits per heavy atom. The highest BCUT2D eigenvalue weighted by Gasteiger charge is 2.27. The number of nitrogens with one attached hydrogen (secondary N) is 1. The zero-order valence-corrected chi connectivity index (χ0v) is 16.6. The molecule has 1 N–H and O–H groups in total. The quantitative estimate of drug-likeness (QED) is 0.722. The van der Waals surface area contributed by atoms with Gasteiger partial charge in [-0.05, 0) is 43.4 Å². The van der Waals surface area contributed by atoms with E-state index in [-0.39, 0.29) is 11.5 Å². The van der Waals surface area contributed by atoms with Crippen LogP contribution in [0.15, 0.2) is 60.8 Å². The second kappa shape index (κ2) is 8.46. The fraction of sp³-hybridized carbons (Fsp3) is 0.227. The number of nitrogens with zero attached hydrogens (tertiary/aromatic N) is 4. The number of hydrogen-bond donors (Lipinski definition) is 1. The molecule has 154 valence electrons. The van der Waals surface area contributed by atoms with Crippen LogP contribution in [0, 0.1) is 5.82 Å². The normalized spacial score (nSPS) is 14.5. The van der Waals surface area contributed by atoms with Gasteiger partial charge in [0.05, 0.1) is 11.9 Å². The van der Waals surface area contributed by atoms with Gasteiger partial charge in [-0.3, -0.25) is 9.59 Å². The van der Waals surface area contributed by atoms with Gasteiger partial charge < -0.3 is 15.1 Å². The lowest BCUT2D eigenvalue weighted by molar-refractivity contribution is 0.0665. The van der Waals surface area contributed by atoms with Crippen molar-refractivity contribution in [1.82, 2.24) is 19.6 Å². The average Bonchev–Trinajstić information content (AvgIpc) is 3.18. The first kappa shape index (κ1) is 19.8. The Morgan fingerprint density at radius 3 is 2.30 bits per heavy atom. The molecule has 0 unspecified atom stereocenters. The summed E-state index contributed by atoms with van der Waals surface area (Å²) in [7, 11) is 2.02. The summed E-state index contributed by atoms with van der Waals surface area (Å²) in [6.45, 7) is 2.79. The number of piperazine rings is 1. The second-order valence-electron chi connectivity index (χ2n) is 7.21. The molecule has 0 aliphatic carbocycles. The third-order valence-electron chi connectivity index (χ3n) is 5.13. The molecule has 0 radical (unpaired) electrons. The van der Waals surface area contributed by atoms with Gasteiger partial charge in [0, 0.05) is 31.7 Å². The third-order valence-corrected chi connectivity index (χ3v) is 5.13. The lowest BCUT2D eigenvalue weighted by Crippen LogP contribution is -2.47. The Kier molecular flexibility index (Phi) is 5.58. The summed E-state index contributed by atoms with van der Waals surface area (Å²) in [4.78, 5) is 29.9. The monoisotopic (exact) mass is 407 g/mol. The predicted molar refractivity (Wildman–Crippen MR) is 111 cm³/mol. The molecule has 30 heavy (non-hydrogen) atoms. The smallest absolute Gasteiger partial charge is 0.259 e. The fourth-order valence-corrected chi connectivity index (χ4v) is 3.35. The van der Waals surface area contributed by atoms with Crippen LogP contribution in [0.2, 0.25) is 0 Å². The molecule has 2 heterocycles. The van der Waals surface area contributed by atoms with Gasteiger partial charge in [0.15, 0.2) is 0 Å². The van der Waals surface area contributed by atoms with Gasteiger partial charge in [-0.2, -0.15) is 5.10 Å². The fourth-order valence-electron chi connectivity index (χ4n) is 3.35. The van der Waals surface area contributed by atoms with Gasteiger partial charge in [0.1, 0.15) is 17.2 Å². The number of aromatic nitrogens is 2. The van der Waals surface area contributed by atoms with Crippen LogP contribution in [0.25, 0.3) is 5.69 Å². The summed E-state index contributed by atoms with van der Waals surface area (Å²) >= 11 is 0. The van der Waals surface area contributed by atoms with Gasteiger partial charge >= 0.3 is 0 Å². The van der Waals surface area contributed by atoms with Gasteiger partial charge in [-0.1, -0.05) is 18.2 Å². The molecule has 1 aromatic heterocycles. The second-order valence-corrected chi connectivity index (χ2v) is 7.21. The number of halogens is 1. The van der Waals surface area contributed by atoms with Crippen LogP contribution in [-0.4, -0.2) is 64.6 Å². The molecule has 1 aliphatic rings. The zero-order chi connectivity index (χ0) is 21.1. The lowest BCUT2D eigenvalue weighted by Gasteiger charge is -2.32. The highest BCUT2D eigenvalue weighted by atomic mass is 19.1. The number of carbonyl (C=O) groups is 2. The van der Waals surface area contributed by atoms with Crippen molar-refractivity contribution in [3.63, 3.8) is 0 Å². The summed E-state index contributed by atoms with van der Waals surface area (Å²) in [5, 5.41) is 7.17. The van der Waals surface area contributed by atoms with Crippen LogP contribution in [0.3, 0.4) is 0 Å². The Bertz CT molecular complexity index is 1040. The minimum atomic E-state index is -0.444. The van der Waals surface area contributed by atoms with E-state index in [2.05, 4.69) is 15.3 Å². The molecule has 1 aliphatic heterocycles. The highest BCUT2D eigenvalue weighted by Crippen LogP contribution is 2.23. The van der Waals surface area contributed by atoms with E-state index in [0.717, 1.165) is 13.1 Å². The topological polar surface area (TPSA) is 70.5 Å². The van der Waals surface area contributed by atoms with E-state index in [1.54, 1.807) is 4.90 Å². The molecule has 1 fully saturated rings. The van der Waals surface area contributed by atoms with Crippen LogP contribution in [-0.2, 0) is 0 Å². The molecule has 4 rings (SSSR count). The van der Waals surface area contributed by atoms with Gasteiger partial charge in [0.25, 0.3) is 11.8 Å². The molecule has 3 aromatic rings. The van der Waals surface area contributed by atoms with Crippen LogP contribution in [0.1, 0.15) is 20.7 Å². The Hall–Kier alpha value is -3.52. The third kappa shape index (κ3) is 4.08. The Labute approximate surface area is 173 Å². The van der Waals surface area contributed by atoms with E-state index in [4.69, 9.17) is 0 Å². The number of likely N-dealkylation sites (N-methyl/N-ethyl adjacent to an activating group) is 1. The van der Waals surface area contributed by atoms with Gasteiger partial charge in [-0.25, -0.2) is 9.07 Å². The minimum absolute atomic E-state index is 0.181. The van der Waals surface area contributed by atoms with Crippen molar-refractivity contribution in [2.45, 2.75) is 0 Å². The van der Waals surface area contributed by atoms with Crippen molar-refractivity contribution in [2.24, 2.45) is 0 Å². The number of rotatable bonds is 4. The molecular weight excluding hydrogens is 385 g/mol. The summed E-state index contributed by atoms with van der Waals surface area (Å²) in [6, 6.07) is 14.5. The Morgan fingerprint density at radius 2 is 1.63 bits per heavy atom. The number of benzene rings is 2. The predicted octanol–water partition coefficient (Wildman–Crippen LogP) is 2.65. The number of carbonyl (C=O) groups excluding carboxylic acids is 2. The van der Waals surface area contributed by atoms with E-state index in [0.29, 0.717) is 30.2 Å². The molecular formula is C22H22FN5O2. The number of anilines is 1. The van der Waals surface area contributed by atoms with E-state index in [9.17, 15) is 14.0 Å². The molecule has 0 spiro atoms. The van der Waals surface area contributed by atoms with Crippen LogP contribution < -0.4 is 5.32 Å². The zero-order valence-electron chi connectivity index (χ0n) is 16.6. The molecule has 2 aromatic carbocycles. The van der Waals surface area contributed by atoms with Gasteiger partial charge in [-0.15, -0.1) is 0 Å². The van der Waals surface area contributed by atoms with Crippen molar-refractivity contribution >= 4 is 17.6 Å². The summed E-state index contributed by atoms with van der Waals surface area (Å²) in [6.07, 6.45) is 1.48. The van der Waals surface area contributed by atoms with Crippen LogP contribution in [0.4, 0.5) is 10.2 Å². The summed E-state index contributed by atoms with van der Waals surface area (Å²) < 4.78 is 14.7. The number of para-hydroxylation sites is 1. The van der Waals surface area contributed by atoms with E-state index < -0.39 is 11.7 Å². The lowest BCUT2D eigenvalue weighted by atomic mass is 10.2. The first-order valence-electron chi connectivity index (χ1n) is 9.71. The van der Waals surface area contributed by atoms with E-state index >= 15 is 0 Å². The van der Waals surface area contributed by atoms with Crippen molar-refractivity contribution in [2.75, 3.05) is 38.5 Å². The van der Waals surface area contributed by atoms with Crippen molar-refractivity contribution in [3.8, 4) is 5.69 Å². The molecule has 1 saturated heterocycles. The van der Waals surface area contributed by atoms with Crippen molar-refractivity contribution < 1.29 is 14.0 Å². The standard InChI is InChI=1S/C22H22FN5O2/c1-26-11-13-27(14-12-26)22(30)19-15-24-28(18-5-3-2-4-6-18)20(19)25-21(29)16-7-9-17(23)10-8-16/h2-10,15H,11-14H2,1H3,(H,25,29). The Balaban J connectivity index is 1.68. The van der Waals surface area contributed by atoms with E-state index in [1.165, 1.54) is 35.1 Å². The molecule has 7 nitrogen and oxygen atoms in total. The van der Waals surface area contributed by atoms with Crippen molar-refractivity contribution in [1.29, 1.82) is 0 Å².